The van der Waals surface area contributed by atoms with E-state index >= 15 is 0 Å². The van der Waals surface area contributed by atoms with E-state index in [-0.39, 0.29) is 0 Å². The van der Waals surface area contributed by atoms with E-state index < -0.39 is 0 Å². The van der Waals surface area contributed by atoms with Gasteiger partial charge in [-0.1, -0.05) is 0 Å². The lowest BCUT2D eigenvalue weighted by Gasteiger charge is -2.27. The maximum Gasteiger partial charge on any atom is 0.160 e. The van der Waals surface area contributed by atoms with Crippen LogP contribution in [0.3, 0.4) is 0 Å². The molecule has 0 aliphatic carbocycles. The number of nitrogens with one attached hydrogen (secondary N) is 1. The Hall–Kier alpha value is -1.46. The summed E-state index contributed by atoms with van der Waals surface area (Å²) in [6, 6.07) is 4.38. The lowest BCUT2D eigenvalue weighted by molar-refractivity contribution is 0.224. The average Bonchev–Trinajstić information content (AvgIpc) is 2.77. The molecule has 19 heavy (non-hydrogen) atoms. The molecule has 1 N–H and O–H groups in total. The molecule has 102 valence electrons. The van der Waals surface area contributed by atoms with Crippen LogP contribution in [0, 0.1) is 0 Å². The van der Waals surface area contributed by atoms with Gasteiger partial charge in [0, 0.05) is 38.4 Å². The minimum Gasteiger partial charge on any atom is -0.314 e. The van der Waals surface area contributed by atoms with E-state index in [0.717, 1.165) is 49.7 Å². The van der Waals surface area contributed by atoms with E-state index in [1.165, 1.54) is 0 Å². The second-order valence-corrected chi connectivity index (χ2v) is 5.36. The molecule has 0 aromatic carbocycles. The summed E-state index contributed by atoms with van der Waals surface area (Å²) in [5.41, 5.74) is 2.00. The monoisotopic (exact) mass is 259 g/mol. The first kappa shape index (κ1) is 12.6. The Bertz CT molecular complexity index is 554. The predicted octanol–water partition coefficient (Wildman–Crippen LogP) is 1.42. The van der Waals surface area contributed by atoms with Gasteiger partial charge in [0.1, 0.15) is 11.3 Å². The Morgan fingerprint density at radius 2 is 2.11 bits per heavy atom. The van der Waals surface area contributed by atoms with Crippen molar-refractivity contribution in [2.24, 2.45) is 0 Å². The number of aromatic nitrogens is 3. The van der Waals surface area contributed by atoms with Crippen molar-refractivity contribution >= 4 is 11.2 Å². The molecule has 0 unspecified atom stereocenters. The first-order chi connectivity index (χ1) is 9.25. The van der Waals surface area contributed by atoms with Crippen LogP contribution in [0.5, 0.6) is 0 Å². The molecule has 0 radical (unpaired) electrons. The molecule has 0 saturated carbocycles. The van der Waals surface area contributed by atoms with Crippen molar-refractivity contribution in [1.82, 2.24) is 24.8 Å². The average molecular weight is 259 g/mol. The van der Waals surface area contributed by atoms with Crippen LogP contribution in [0.15, 0.2) is 18.3 Å². The number of rotatable bonds is 3. The summed E-state index contributed by atoms with van der Waals surface area (Å²) in [5.74, 6) is 1.13. The van der Waals surface area contributed by atoms with E-state index in [4.69, 9.17) is 4.98 Å². The molecule has 0 atom stereocenters. The summed E-state index contributed by atoms with van der Waals surface area (Å²) in [6.07, 6.45) is 1.84. The Balaban J connectivity index is 1.95. The van der Waals surface area contributed by atoms with Crippen molar-refractivity contribution in [3.63, 3.8) is 0 Å². The fraction of sp³-hybridized carbons (Fsp3) is 0.571. The van der Waals surface area contributed by atoms with Crippen LogP contribution in [-0.2, 0) is 6.54 Å². The number of nitrogens with zero attached hydrogens (tertiary/aromatic N) is 4. The van der Waals surface area contributed by atoms with E-state index in [2.05, 4.69) is 33.6 Å². The number of pyridine rings is 1. The summed E-state index contributed by atoms with van der Waals surface area (Å²) in [6.45, 7) is 9.62. The molecular formula is C14H21N5. The van der Waals surface area contributed by atoms with Crippen molar-refractivity contribution < 1.29 is 0 Å². The van der Waals surface area contributed by atoms with Gasteiger partial charge in [-0.3, -0.25) is 4.90 Å². The van der Waals surface area contributed by atoms with Gasteiger partial charge in [0.2, 0.25) is 0 Å². The molecule has 0 bridgehead atoms. The van der Waals surface area contributed by atoms with E-state index in [0.29, 0.717) is 6.04 Å². The molecule has 3 heterocycles. The zero-order chi connectivity index (χ0) is 13.2. The maximum absolute atomic E-state index is 4.77. The molecule has 0 amide bonds. The number of hydrogen-bond acceptors (Lipinski definition) is 4. The Labute approximate surface area is 113 Å². The van der Waals surface area contributed by atoms with Crippen LogP contribution < -0.4 is 5.32 Å². The normalized spacial score (nSPS) is 17.4. The van der Waals surface area contributed by atoms with Crippen LogP contribution in [-0.4, -0.2) is 45.6 Å². The topological polar surface area (TPSA) is 46.0 Å². The standard InChI is InChI=1S/C14H21N5/c1-11(2)19-13(10-18-8-6-15-7-9-18)17-12-4-3-5-16-14(12)19/h3-5,11,15H,6-10H2,1-2H3. The third-order valence-electron chi connectivity index (χ3n) is 3.61. The van der Waals surface area contributed by atoms with Crippen LogP contribution in [0.1, 0.15) is 25.7 Å². The minimum absolute atomic E-state index is 0.387. The largest absolute Gasteiger partial charge is 0.314 e. The molecule has 1 aliphatic heterocycles. The highest BCUT2D eigenvalue weighted by Crippen LogP contribution is 2.20. The number of piperazine rings is 1. The summed E-state index contributed by atoms with van der Waals surface area (Å²) in [5, 5.41) is 3.38. The van der Waals surface area contributed by atoms with Crippen LogP contribution in [0.4, 0.5) is 0 Å². The fourth-order valence-electron chi connectivity index (χ4n) is 2.70. The summed E-state index contributed by atoms with van der Waals surface area (Å²) < 4.78 is 2.26. The minimum atomic E-state index is 0.387. The predicted molar refractivity (Wildman–Crippen MR) is 76.1 cm³/mol. The zero-order valence-corrected chi connectivity index (χ0v) is 11.6. The molecule has 0 spiro atoms. The van der Waals surface area contributed by atoms with E-state index in [1.807, 2.05) is 18.3 Å². The number of fused-ring (bicyclic) bond motifs is 1. The van der Waals surface area contributed by atoms with Crippen LogP contribution >= 0.6 is 0 Å². The van der Waals surface area contributed by atoms with Gasteiger partial charge in [0.25, 0.3) is 0 Å². The molecule has 1 saturated heterocycles. The van der Waals surface area contributed by atoms with Gasteiger partial charge in [0.05, 0.1) is 6.54 Å². The second kappa shape index (κ2) is 5.27. The summed E-state index contributed by atoms with van der Waals surface area (Å²) in [4.78, 5) is 11.7. The van der Waals surface area contributed by atoms with Crippen molar-refractivity contribution in [1.29, 1.82) is 0 Å². The SMILES string of the molecule is CC(C)n1c(CN2CCNCC2)nc2cccnc21. The smallest absolute Gasteiger partial charge is 0.160 e. The zero-order valence-electron chi connectivity index (χ0n) is 11.6. The van der Waals surface area contributed by atoms with Gasteiger partial charge in [-0.2, -0.15) is 0 Å². The number of imidazole rings is 1. The maximum atomic E-state index is 4.77. The van der Waals surface area contributed by atoms with Crippen molar-refractivity contribution in [2.75, 3.05) is 26.2 Å². The quantitative estimate of drug-likeness (QED) is 0.905. The molecule has 3 rings (SSSR count). The van der Waals surface area contributed by atoms with Crippen molar-refractivity contribution in [2.45, 2.75) is 26.4 Å². The van der Waals surface area contributed by atoms with Crippen LogP contribution in [0.2, 0.25) is 0 Å². The highest BCUT2D eigenvalue weighted by Gasteiger charge is 2.17. The van der Waals surface area contributed by atoms with Gasteiger partial charge >= 0.3 is 0 Å². The van der Waals surface area contributed by atoms with E-state index in [1.54, 1.807) is 0 Å². The highest BCUT2D eigenvalue weighted by molar-refractivity contribution is 5.71. The molecule has 1 fully saturated rings. The Morgan fingerprint density at radius 3 is 2.84 bits per heavy atom. The highest BCUT2D eigenvalue weighted by atomic mass is 15.2. The van der Waals surface area contributed by atoms with E-state index in [9.17, 15) is 0 Å². The summed E-state index contributed by atoms with van der Waals surface area (Å²) >= 11 is 0. The third-order valence-corrected chi connectivity index (χ3v) is 3.61. The molecular weight excluding hydrogens is 238 g/mol. The molecule has 2 aromatic rings. The van der Waals surface area contributed by atoms with Crippen molar-refractivity contribution in [3.8, 4) is 0 Å². The summed E-state index contributed by atoms with van der Waals surface area (Å²) in [7, 11) is 0. The Morgan fingerprint density at radius 1 is 1.32 bits per heavy atom. The second-order valence-electron chi connectivity index (χ2n) is 5.36. The fourth-order valence-corrected chi connectivity index (χ4v) is 2.70. The molecule has 1 aliphatic rings. The Kier molecular flexibility index (Phi) is 3.48. The van der Waals surface area contributed by atoms with Gasteiger partial charge < -0.3 is 9.88 Å². The first-order valence-corrected chi connectivity index (χ1v) is 7.00. The van der Waals surface area contributed by atoms with Gasteiger partial charge in [-0.15, -0.1) is 0 Å². The molecule has 2 aromatic heterocycles. The first-order valence-electron chi connectivity index (χ1n) is 7.00. The van der Waals surface area contributed by atoms with Crippen LogP contribution in [0.25, 0.3) is 11.2 Å². The molecule has 5 nitrogen and oxygen atoms in total. The van der Waals surface area contributed by atoms with Gasteiger partial charge in [-0.25, -0.2) is 9.97 Å². The van der Waals surface area contributed by atoms with Gasteiger partial charge in [-0.05, 0) is 26.0 Å². The third kappa shape index (κ3) is 2.48. The lowest BCUT2D eigenvalue weighted by Crippen LogP contribution is -2.43. The molecule has 5 heteroatoms. The number of hydrogen-bond donors (Lipinski definition) is 1. The van der Waals surface area contributed by atoms with Gasteiger partial charge in [0.15, 0.2) is 5.65 Å². The lowest BCUT2D eigenvalue weighted by atomic mass is 10.3. The van der Waals surface area contributed by atoms with Crippen molar-refractivity contribution in [3.05, 3.63) is 24.2 Å².